The van der Waals surface area contributed by atoms with E-state index in [0.717, 1.165) is 43.2 Å². The normalized spacial score (nSPS) is 18.9. The molecule has 4 rings (SSSR count). The van der Waals surface area contributed by atoms with Gasteiger partial charge < -0.3 is 15.2 Å². The molecule has 0 radical (unpaired) electrons. The number of amides is 1. The molecule has 0 atom stereocenters. The van der Waals surface area contributed by atoms with Gasteiger partial charge >= 0.3 is 6.18 Å². The van der Waals surface area contributed by atoms with Crippen LogP contribution in [0.2, 0.25) is 0 Å². The van der Waals surface area contributed by atoms with Crippen molar-refractivity contribution >= 4 is 22.5 Å². The smallest absolute Gasteiger partial charge is 0.433 e. The van der Waals surface area contributed by atoms with E-state index in [9.17, 15) is 18.0 Å². The Morgan fingerprint density at radius 1 is 1.24 bits per heavy atom. The van der Waals surface area contributed by atoms with E-state index in [0.29, 0.717) is 17.5 Å². The van der Waals surface area contributed by atoms with E-state index in [1.165, 1.54) is 6.07 Å². The first-order chi connectivity index (χ1) is 15.7. The minimum atomic E-state index is -4.66. The number of ether oxygens (including phenoxy) is 1. The lowest BCUT2D eigenvalue weighted by Crippen LogP contribution is -2.17. The number of carbonyl (C=O) groups excluding carboxylic acids is 1. The summed E-state index contributed by atoms with van der Waals surface area (Å²) in [6.07, 6.45) is 1.59. The third-order valence-corrected chi connectivity index (χ3v) is 5.85. The molecule has 1 saturated carbocycles. The van der Waals surface area contributed by atoms with Gasteiger partial charge in [0, 0.05) is 17.6 Å². The highest BCUT2D eigenvalue weighted by atomic mass is 19.4. The van der Waals surface area contributed by atoms with Gasteiger partial charge in [0.25, 0.3) is 5.91 Å². The number of alkyl halides is 3. The molecule has 0 aliphatic heterocycles. The lowest BCUT2D eigenvalue weighted by molar-refractivity contribution is -0.141. The number of halogens is 3. The van der Waals surface area contributed by atoms with E-state index in [1.807, 2.05) is 10.9 Å². The van der Waals surface area contributed by atoms with Gasteiger partial charge in [-0.1, -0.05) is 13.0 Å². The summed E-state index contributed by atoms with van der Waals surface area (Å²) in [5.41, 5.74) is -0.593. The maximum atomic E-state index is 13.0. The van der Waals surface area contributed by atoms with E-state index < -0.39 is 17.8 Å². The molecule has 33 heavy (non-hydrogen) atoms. The number of nitrogens with one attached hydrogen (secondary N) is 1. The van der Waals surface area contributed by atoms with Crippen LogP contribution < -0.4 is 10.1 Å². The lowest BCUT2D eigenvalue weighted by atomic mass is 9.87. The van der Waals surface area contributed by atoms with Crippen LogP contribution in [0.5, 0.6) is 5.75 Å². The average molecular weight is 462 g/mol. The van der Waals surface area contributed by atoms with E-state index in [4.69, 9.17) is 9.84 Å². The van der Waals surface area contributed by atoms with Gasteiger partial charge in [-0.3, -0.25) is 9.48 Å². The van der Waals surface area contributed by atoms with Crippen molar-refractivity contribution < 1.29 is 27.8 Å². The predicted octanol–water partition coefficient (Wildman–Crippen LogP) is 4.82. The van der Waals surface area contributed by atoms with E-state index >= 15 is 0 Å². The summed E-state index contributed by atoms with van der Waals surface area (Å²) >= 11 is 0. The Kier molecular flexibility index (Phi) is 6.55. The quantitative estimate of drug-likeness (QED) is 0.548. The number of hydrogen-bond donors (Lipinski definition) is 2. The summed E-state index contributed by atoms with van der Waals surface area (Å²) in [6.45, 7) is 1.99. The molecule has 1 fully saturated rings. The Bertz CT molecular complexity index is 1140. The predicted molar refractivity (Wildman–Crippen MR) is 116 cm³/mol. The summed E-state index contributed by atoms with van der Waals surface area (Å²) in [5.74, 6) is 0.165. The van der Waals surface area contributed by atoms with Crippen LogP contribution >= 0.6 is 0 Å². The number of carbonyl (C=O) groups is 1. The van der Waals surface area contributed by atoms with Crippen LogP contribution in [-0.2, 0) is 6.18 Å². The fourth-order valence-corrected chi connectivity index (χ4v) is 4.04. The first-order valence-corrected chi connectivity index (χ1v) is 10.9. The molecule has 0 bridgehead atoms. The van der Waals surface area contributed by atoms with Crippen molar-refractivity contribution in [3.8, 4) is 5.75 Å². The van der Waals surface area contributed by atoms with Gasteiger partial charge in [-0.25, -0.2) is 4.98 Å². The minimum absolute atomic E-state index is 0.0165. The number of aliphatic hydroxyl groups is 1. The van der Waals surface area contributed by atoms with Crippen molar-refractivity contribution in [2.45, 2.75) is 44.8 Å². The largest absolute Gasteiger partial charge is 0.489 e. The van der Waals surface area contributed by atoms with E-state index in [2.05, 4.69) is 22.3 Å². The molecule has 0 saturated heterocycles. The molecular formula is C23H25F3N4O3. The second-order valence-electron chi connectivity index (χ2n) is 8.36. The Hall–Kier alpha value is -3.14. The SMILES string of the molecule is C[C@H]1CC[C@H](n2cc3cc(NC(=O)c4cccc(C(F)(F)F)n4)c(OCCO)cc3n2)CC1. The van der Waals surface area contributed by atoms with Gasteiger partial charge in [0.1, 0.15) is 23.7 Å². The molecular weight excluding hydrogens is 437 g/mol. The van der Waals surface area contributed by atoms with Crippen molar-refractivity contribution in [3.63, 3.8) is 0 Å². The van der Waals surface area contributed by atoms with Crippen molar-refractivity contribution in [3.05, 3.63) is 47.9 Å². The zero-order chi connectivity index (χ0) is 23.6. The number of benzene rings is 1. The first kappa shape index (κ1) is 23.0. The molecule has 1 aliphatic carbocycles. The van der Waals surface area contributed by atoms with Crippen LogP contribution in [0, 0.1) is 5.92 Å². The van der Waals surface area contributed by atoms with Gasteiger partial charge in [0.15, 0.2) is 0 Å². The maximum absolute atomic E-state index is 13.0. The highest BCUT2D eigenvalue weighted by molar-refractivity contribution is 6.05. The fourth-order valence-electron chi connectivity index (χ4n) is 4.04. The Labute approximate surface area is 188 Å². The summed E-state index contributed by atoms with van der Waals surface area (Å²) in [6, 6.07) is 6.76. The number of rotatable bonds is 6. The highest BCUT2D eigenvalue weighted by Crippen LogP contribution is 2.35. The average Bonchev–Trinajstić information content (AvgIpc) is 3.20. The molecule has 1 aromatic carbocycles. The van der Waals surface area contributed by atoms with Crippen LogP contribution in [0.1, 0.15) is 54.8 Å². The van der Waals surface area contributed by atoms with Gasteiger partial charge in [0.2, 0.25) is 0 Å². The molecule has 3 aromatic rings. The van der Waals surface area contributed by atoms with Crippen LogP contribution in [0.15, 0.2) is 36.5 Å². The molecule has 2 aromatic heterocycles. The van der Waals surface area contributed by atoms with Crippen LogP contribution in [0.25, 0.3) is 10.9 Å². The minimum Gasteiger partial charge on any atom is -0.489 e. The molecule has 0 unspecified atom stereocenters. The van der Waals surface area contributed by atoms with Crippen LogP contribution in [0.3, 0.4) is 0 Å². The molecule has 7 nitrogen and oxygen atoms in total. The summed E-state index contributed by atoms with van der Waals surface area (Å²) in [7, 11) is 0. The van der Waals surface area contributed by atoms with Crippen molar-refractivity contribution in [1.29, 1.82) is 0 Å². The molecule has 1 aliphatic rings. The molecule has 176 valence electrons. The number of aliphatic hydroxyl groups excluding tert-OH is 1. The number of fused-ring (bicyclic) bond motifs is 1. The Morgan fingerprint density at radius 2 is 2.00 bits per heavy atom. The van der Waals surface area contributed by atoms with Crippen LogP contribution in [-0.4, -0.2) is 39.0 Å². The standard InChI is InChI=1S/C23H25F3N4O3/c1-14-5-7-16(8-6-14)30-13-15-11-19(20(33-10-9-31)12-18(15)29-30)28-22(32)17-3-2-4-21(27-17)23(24,25)26/h2-4,11-14,16,31H,5-10H2,1H3,(H,28,32)/t14-,16-. The van der Waals surface area contributed by atoms with Gasteiger partial charge in [-0.15, -0.1) is 0 Å². The van der Waals surface area contributed by atoms with Gasteiger partial charge in [-0.2, -0.15) is 18.3 Å². The Morgan fingerprint density at radius 3 is 2.70 bits per heavy atom. The zero-order valence-corrected chi connectivity index (χ0v) is 18.1. The molecule has 2 N–H and O–H groups in total. The number of hydrogen-bond acceptors (Lipinski definition) is 5. The lowest BCUT2D eigenvalue weighted by Gasteiger charge is -2.26. The second kappa shape index (κ2) is 9.38. The summed E-state index contributed by atoms with van der Waals surface area (Å²) in [5, 5.41) is 17.2. The number of nitrogens with zero attached hydrogens (tertiary/aromatic N) is 3. The summed E-state index contributed by atoms with van der Waals surface area (Å²) in [4.78, 5) is 16.1. The first-order valence-electron chi connectivity index (χ1n) is 10.9. The number of pyridine rings is 1. The zero-order valence-electron chi connectivity index (χ0n) is 18.1. The molecule has 1 amide bonds. The third kappa shape index (κ3) is 5.27. The topological polar surface area (TPSA) is 89.3 Å². The fraction of sp³-hybridized carbons (Fsp3) is 0.435. The van der Waals surface area contributed by atoms with E-state index in [1.54, 1.807) is 12.1 Å². The highest BCUT2D eigenvalue weighted by Gasteiger charge is 2.33. The van der Waals surface area contributed by atoms with Crippen LogP contribution in [0.4, 0.5) is 18.9 Å². The monoisotopic (exact) mass is 462 g/mol. The van der Waals surface area contributed by atoms with Gasteiger partial charge in [0.05, 0.1) is 23.9 Å². The number of anilines is 1. The Balaban J connectivity index is 1.63. The third-order valence-electron chi connectivity index (χ3n) is 5.85. The van der Waals surface area contributed by atoms with Gasteiger partial charge in [-0.05, 0) is 49.8 Å². The molecule has 2 heterocycles. The van der Waals surface area contributed by atoms with Crippen molar-refractivity contribution in [2.24, 2.45) is 5.92 Å². The number of aromatic nitrogens is 3. The maximum Gasteiger partial charge on any atom is 0.433 e. The second-order valence-corrected chi connectivity index (χ2v) is 8.36. The molecule has 0 spiro atoms. The van der Waals surface area contributed by atoms with Crippen molar-refractivity contribution in [2.75, 3.05) is 18.5 Å². The van der Waals surface area contributed by atoms with E-state index in [-0.39, 0.29) is 30.3 Å². The van der Waals surface area contributed by atoms with Crippen molar-refractivity contribution in [1.82, 2.24) is 14.8 Å². The summed E-state index contributed by atoms with van der Waals surface area (Å²) < 4.78 is 46.4. The molecule has 10 heteroatoms.